The first-order chi connectivity index (χ1) is 12.2. The molecule has 130 valence electrons. The average Bonchev–Trinajstić information content (AvgIpc) is 3.17. The Bertz CT molecular complexity index is 767. The zero-order valence-corrected chi connectivity index (χ0v) is 14.3. The molecule has 2 amide bonds. The highest BCUT2D eigenvalue weighted by Gasteiger charge is 2.22. The molecule has 0 aromatic heterocycles. The summed E-state index contributed by atoms with van der Waals surface area (Å²) in [5.41, 5.74) is 1.50. The third-order valence-corrected chi connectivity index (χ3v) is 4.23. The Labute approximate surface area is 147 Å². The fourth-order valence-corrected chi connectivity index (χ4v) is 2.99. The van der Waals surface area contributed by atoms with Crippen LogP contribution in [0.3, 0.4) is 0 Å². The van der Waals surface area contributed by atoms with Crippen molar-refractivity contribution >= 4 is 17.5 Å². The lowest BCUT2D eigenvalue weighted by atomic mass is 10.1. The van der Waals surface area contributed by atoms with Crippen molar-refractivity contribution in [2.45, 2.75) is 19.8 Å². The predicted octanol–water partition coefficient (Wildman–Crippen LogP) is 3.57. The van der Waals surface area contributed by atoms with Gasteiger partial charge in [0.25, 0.3) is 11.8 Å². The highest BCUT2D eigenvalue weighted by Crippen LogP contribution is 2.23. The van der Waals surface area contributed by atoms with Gasteiger partial charge < -0.3 is 15.0 Å². The molecule has 5 nitrogen and oxygen atoms in total. The fraction of sp³-hybridized carbons (Fsp3) is 0.300. The highest BCUT2D eigenvalue weighted by molar-refractivity contribution is 6.10. The number of benzene rings is 2. The average molecular weight is 338 g/mol. The van der Waals surface area contributed by atoms with Crippen LogP contribution in [-0.2, 0) is 0 Å². The van der Waals surface area contributed by atoms with E-state index in [1.807, 2.05) is 30.0 Å². The Morgan fingerprint density at radius 1 is 1.00 bits per heavy atom. The van der Waals surface area contributed by atoms with Gasteiger partial charge in [-0.05, 0) is 44.0 Å². The maximum absolute atomic E-state index is 12.7. The summed E-state index contributed by atoms with van der Waals surface area (Å²) in [5, 5.41) is 2.86. The highest BCUT2D eigenvalue weighted by atomic mass is 16.5. The smallest absolute Gasteiger partial charge is 0.259 e. The number of carbonyl (C=O) groups excluding carboxylic acids is 2. The molecule has 5 heteroatoms. The topological polar surface area (TPSA) is 58.6 Å². The van der Waals surface area contributed by atoms with Crippen molar-refractivity contribution in [1.82, 2.24) is 4.90 Å². The molecule has 0 aliphatic carbocycles. The lowest BCUT2D eigenvalue weighted by molar-refractivity contribution is 0.0794. The molecule has 2 aromatic carbocycles. The predicted molar refractivity (Wildman–Crippen MR) is 97.1 cm³/mol. The van der Waals surface area contributed by atoms with Crippen LogP contribution in [0.4, 0.5) is 5.69 Å². The number of carbonyl (C=O) groups is 2. The summed E-state index contributed by atoms with van der Waals surface area (Å²) in [5.74, 6) is 0.211. The monoisotopic (exact) mass is 338 g/mol. The van der Waals surface area contributed by atoms with Gasteiger partial charge in [-0.3, -0.25) is 9.59 Å². The molecule has 1 fully saturated rings. The molecule has 1 heterocycles. The number of hydrogen-bond acceptors (Lipinski definition) is 3. The van der Waals surface area contributed by atoms with E-state index in [2.05, 4.69) is 5.32 Å². The van der Waals surface area contributed by atoms with Gasteiger partial charge >= 0.3 is 0 Å². The minimum absolute atomic E-state index is 0.0357. The molecule has 1 saturated heterocycles. The lowest BCUT2D eigenvalue weighted by Crippen LogP contribution is -2.28. The standard InChI is InChI=1S/C20H22N2O3/c1-2-25-18-12-6-4-10-16(18)19(23)21-17-11-5-3-9-15(17)20(24)22-13-7-8-14-22/h3-6,9-12H,2,7-8,13-14H2,1H3,(H,21,23). The van der Waals surface area contributed by atoms with Crippen LogP contribution < -0.4 is 10.1 Å². The molecular weight excluding hydrogens is 316 g/mol. The maximum atomic E-state index is 12.7. The third kappa shape index (κ3) is 3.82. The summed E-state index contributed by atoms with van der Waals surface area (Å²) < 4.78 is 5.52. The lowest BCUT2D eigenvalue weighted by Gasteiger charge is -2.18. The zero-order valence-electron chi connectivity index (χ0n) is 14.3. The number of ether oxygens (including phenoxy) is 1. The van der Waals surface area contributed by atoms with Gasteiger partial charge in [-0.2, -0.15) is 0 Å². The second kappa shape index (κ2) is 7.83. The van der Waals surface area contributed by atoms with Crippen molar-refractivity contribution in [2.24, 2.45) is 0 Å². The van der Waals surface area contributed by atoms with Gasteiger partial charge in [-0.1, -0.05) is 24.3 Å². The van der Waals surface area contributed by atoms with Crippen LogP contribution in [0.1, 0.15) is 40.5 Å². The summed E-state index contributed by atoms with van der Waals surface area (Å²) in [6, 6.07) is 14.2. The molecule has 0 bridgehead atoms. The molecule has 1 aliphatic rings. The normalized spacial score (nSPS) is 13.6. The second-order valence-electron chi connectivity index (χ2n) is 5.93. The first-order valence-electron chi connectivity index (χ1n) is 8.62. The zero-order chi connectivity index (χ0) is 17.6. The van der Waals surface area contributed by atoms with E-state index in [9.17, 15) is 9.59 Å². The molecule has 0 atom stereocenters. The van der Waals surface area contributed by atoms with E-state index in [-0.39, 0.29) is 11.8 Å². The summed E-state index contributed by atoms with van der Waals surface area (Å²) in [4.78, 5) is 27.2. The molecule has 0 saturated carbocycles. The number of hydrogen-bond donors (Lipinski definition) is 1. The van der Waals surface area contributed by atoms with Gasteiger partial charge in [-0.25, -0.2) is 0 Å². The number of nitrogens with zero attached hydrogens (tertiary/aromatic N) is 1. The molecule has 1 aliphatic heterocycles. The largest absolute Gasteiger partial charge is 0.493 e. The van der Waals surface area contributed by atoms with Crippen molar-refractivity contribution < 1.29 is 14.3 Å². The summed E-state index contributed by atoms with van der Waals surface area (Å²) in [7, 11) is 0. The Morgan fingerprint density at radius 3 is 2.36 bits per heavy atom. The molecule has 1 N–H and O–H groups in total. The van der Waals surface area contributed by atoms with Crippen LogP contribution >= 0.6 is 0 Å². The van der Waals surface area contributed by atoms with Crippen molar-refractivity contribution in [2.75, 3.05) is 25.0 Å². The summed E-state index contributed by atoms with van der Waals surface area (Å²) in [6.45, 7) is 3.90. The van der Waals surface area contributed by atoms with Crippen molar-refractivity contribution in [3.05, 3.63) is 59.7 Å². The fourth-order valence-electron chi connectivity index (χ4n) is 2.99. The van der Waals surface area contributed by atoms with Gasteiger partial charge in [0.05, 0.1) is 23.4 Å². The minimum Gasteiger partial charge on any atom is -0.493 e. The van der Waals surface area contributed by atoms with E-state index in [1.54, 1.807) is 30.3 Å². The van der Waals surface area contributed by atoms with Crippen LogP contribution in [0.2, 0.25) is 0 Å². The van der Waals surface area contributed by atoms with E-state index in [1.165, 1.54) is 0 Å². The van der Waals surface area contributed by atoms with E-state index in [0.29, 0.717) is 29.2 Å². The number of para-hydroxylation sites is 2. The molecule has 2 aromatic rings. The number of rotatable bonds is 5. The SMILES string of the molecule is CCOc1ccccc1C(=O)Nc1ccccc1C(=O)N1CCCC1. The number of anilines is 1. The van der Waals surface area contributed by atoms with E-state index < -0.39 is 0 Å². The maximum Gasteiger partial charge on any atom is 0.259 e. The quantitative estimate of drug-likeness (QED) is 0.906. The van der Waals surface area contributed by atoms with Crippen LogP contribution in [-0.4, -0.2) is 36.4 Å². The van der Waals surface area contributed by atoms with Gasteiger partial charge in [0.2, 0.25) is 0 Å². The number of likely N-dealkylation sites (tertiary alicyclic amines) is 1. The van der Waals surface area contributed by atoms with Crippen LogP contribution in [0.15, 0.2) is 48.5 Å². The molecule has 0 unspecified atom stereocenters. The van der Waals surface area contributed by atoms with Crippen molar-refractivity contribution in [3.8, 4) is 5.75 Å². The van der Waals surface area contributed by atoms with E-state index >= 15 is 0 Å². The van der Waals surface area contributed by atoms with Crippen molar-refractivity contribution in [3.63, 3.8) is 0 Å². The Morgan fingerprint density at radius 2 is 1.64 bits per heavy atom. The van der Waals surface area contributed by atoms with Gasteiger partial charge in [0.1, 0.15) is 5.75 Å². The summed E-state index contributed by atoms with van der Waals surface area (Å²) in [6.07, 6.45) is 2.06. The van der Waals surface area contributed by atoms with E-state index in [0.717, 1.165) is 25.9 Å². The molecule has 25 heavy (non-hydrogen) atoms. The van der Waals surface area contributed by atoms with Crippen LogP contribution in [0.5, 0.6) is 5.75 Å². The second-order valence-corrected chi connectivity index (χ2v) is 5.93. The minimum atomic E-state index is -0.286. The first kappa shape index (κ1) is 17.0. The number of amides is 2. The van der Waals surface area contributed by atoms with Gasteiger partial charge in [0.15, 0.2) is 0 Å². The Kier molecular flexibility index (Phi) is 5.33. The van der Waals surface area contributed by atoms with Crippen LogP contribution in [0, 0.1) is 0 Å². The molecule has 0 spiro atoms. The molecule has 3 rings (SSSR count). The third-order valence-electron chi connectivity index (χ3n) is 4.23. The van der Waals surface area contributed by atoms with Crippen LogP contribution in [0.25, 0.3) is 0 Å². The molecular formula is C20H22N2O3. The Hall–Kier alpha value is -2.82. The van der Waals surface area contributed by atoms with Gasteiger partial charge in [0, 0.05) is 13.1 Å². The summed E-state index contributed by atoms with van der Waals surface area (Å²) >= 11 is 0. The number of nitrogens with one attached hydrogen (secondary N) is 1. The molecule has 0 radical (unpaired) electrons. The Balaban J connectivity index is 1.84. The van der Waals surface area contributed by atoms with Gasteiger partial charge in [-0.15, -0.1) is 0 Å². The van der Waals surface area contributed by atoms with E-state index in [4.69, 9.17) is 4.74 Å². The first-order valence-corrected chi connectivity index (χ1v) is 8.62. The van der Waals surface area contributed by atoms with Crippen molar-refractivity contribution in [1.29, 1.82) is 0 Å².